The number of nitrogens with two attached hydrogens (primary N) is 1. The number of thiocarbonyl (C=S) groups is 1. The average Bonchev–Trinajstić information content (AvgIpc) is 1.38. The van der Waals surface area contributed by atoms with E-state index in [-0.39, 0.29) is 17.0 Å². The summed E-state index contributed by atoms with van der Waals surface area (Å²) in [5, 5.41) is 1.90. The van der Waals surface area contributed by atoms with Crippen molar-refractivity contribution in [3.05, 3.63) is 0 Å². The zero-order chi connectivity index (χ0) is 4.28. The molecule has 0 fully saturated rings. The normalized spacial score (nSPS) is 6.33. The van der Waals surface area contributed by atoms with Crippen LogP contribution in [0.5, 0.6) is 0 Å². The summed E-state index contributed by atoms with van der Waals surface area (Å²) >= 11 is 4.64. The van der Waals surface area contributed by atoms with E-state index in [2.05, 4.69) is 12.2 Å². The van der Waals surface area contributed by atoms with Crippen LogP contribution in [0, 0.1) is 0 Å². The van der Waals surface area contributed by atoms with Crippen LogP contribution in [-0.2, 0) is 0 Å². The smallest absolute Gasteiger partial charge is 0.167 e. The van der Waals surface area contributed by atoms with Gasteiger partial charge in [0.15, 0.2) is 4.99 Å². The summed E-state index contributed by atoms with van der Waals surface area (Å²) in [7, 11) is 1.93. The molecule has 0 aromatic rings. The van der Waals surface area contributed by atoms with Gasteiger partial charge in [-0.15, -0.1) is 0 Å². The molecule has 38 valence electrons. The summed E-state index contributed by atoms with van der Waals surface area (Å²) < 4.78 is 0. The van der Waals surface area contributed by atoms with Crippen LogP contribution in [0.1, 0.15) is 6.92 Å². The molecule has 0 aliphatic carbocycles. The molecule has 0 radical (unpaired) electrons. The summed E-state index contributed by atoms with van der Waals surface area (Å²) in [5.41, 5.74) is 0. The largest absolute Gasteiger partial charge is 1.00 e. The lowest BCUT2D eigenvalue weighted by molar-refractivity contribution is -0.502. The second kappa shape index (κ2) is 5.53. The first-order valence-electron chi connectivity index (χ1n) is 1.57. The molecule has 0 amide bonds. The van der Waals surface area contributed by atoms with Crippen molar-refractivity contribution < 1.29 is 22.3 Å². The Kier molecular flexibility index (Phi) is 8.97. The Labute approximate surface area is 53.9 Å². The first-order valence-corrected chi connectivity index (χ1v) is 1.98. The lowest BCUT2D eigenvalue weighted by Crippen LogP contribution is -3.00. The Bertz CT molecular complexity index is 46.1. The second-order valence-electron chi connectivity index (χ2n) is 0.899. The van der Waals surface area contributed by atoms with Crippen molar-refractivity contribution in [1.29, 1.82) is 0 Å². The highest BCUT2D eigenvalue weighted by Crippen LogP contribution is 1.46. The van der Waals surface area contributed by atoms with Crippen LogP contribution in [0.4, 0.5) is 0 Å². The van der Waals surface area contributed by atoms with E-state index in [1.54, 1.807) is 0 Å². The lowest BCUT2D eigenvalue weighted by atomic mass is 10.8. The van der Waals surface area contributed by atoms with Crippen LogP contribution in [0.25, 0.3) is 0 Å². The minimum Gasteiger partial charge on any atom is -1.00 e. The minimum absolute atomic E-state index is 0. The number of quaternary nitrogens is 1. The Morgan fingerprint density at radius 2 is 1.83 bits per heavy atom. The van der Waals surface area contributed by atoms with Crippen molar-refractivity contribution in [2.75, 3.05) is 7.05 Å². The van der Waals surface area contributed by atoms with Crippen molar-refractivity contribution in [3.63, 3.8) is 0 Å². The molecule has 0 saturated heterocycles. The Morgan fingerprint density at radius 3 is 1.83 bits per heavy atom. The molecule has 2 N–H and O–H groups in total. The van der Waals surface area contributed by atoms with Gasteiger partial charge >= 0.3 is 0 Å². The summed E-state index contributed by atoms with van der Waals surface area (Å²) in [6.45, 7) is 1.90. The molecule has 0 spiro atoms. The third-order valence-electron chi connectivity index (χ3n) is 0.407. The first kappa shape index (κ1) is 9.73. The molecule has 0 bridgehead atoms. The van der Waals surface area contributed by atoms with Gasteiger partial charge in [0, 0.05) is 6.92 Å². The monoisotopic (exact) mass is 169 g/mol. The van der Waals surface area contributed by atoms with Crippen LogP contribution >= 0.6 is 12.2 Å². The molecule has 0 aliphatic heterocycles. The van der Waals surface area contributed by atoms with Gasteiger partial charge in [0.25, 0.3) is 0 Å². The molecule has 0 unspecified atom stereocenters. The van der Waals surface area contributed by atoms with Gasteiger partial charge in [-0.1, -0.05) is 0 Å². The summed E-state index contributed by atoms with van der Waals surface area (Å²) in [5.74, 6) is 0. The lowest BCUT2D eigenvalue weighted by Gasteiger charge is -1.77. The standard InChI is InChI=1S/C3H7NS.BrH/c1-3(5)4-2;/h1-2H3,(H,4,5);1H. The maximum absolute atomic E-state index is 4.64. The maximum Gasteiger partial charge on any atom is 0.167 e. The van der Waals surface area contributed by atoms with Crippen molar-refractivity contribution in [2.24, 2.45) is 0 Å². The van der Waals surface area contributed by atoms with E-state index in [0.29, 0.717) is 0 Å². The van der Waals surface area contributed by atoms with Crippen LogP contribution in [0.2, 0.25) is 0 Å². The predicted molar refractivity (Wildman–Crippen MR) is 26.1 cm³/mol. The molecule has 0 atom stereocenters. The van der Waals surface area contributed by atoms with Crippen molar-refractivity contribution >= 4 is 17.2 Å². The topological polar surface area (TPSA) is 16.6 Å². The van der Waals surface area contributed by atoms with E-state index in [9.17, 15) is 0 Å². The fourth-order valence-electron chi connectivity index (χ4n) is 0. The van der Waals surface area contributed by atoms with Gasteiger partial charge in [0.2, 0.25) is 0 Å². The highest BCUT2D eigenvalue weighted by molar-refractivity contribution is 7.79. The number of rotatable bonds is 0. The highest BCUT2D eigenvalue weighted by Gasteiger charge is 1.73. The zero-order valence-electron chi connectivity index (χ0n) is 3.86. The third-order valence-corrected chi connectivity index (χ3v) is 0.642. The quantitative estimate of drug-likeness (QED) is 0.374. The summed E-state index contributed by atoms with van der Waals surface area (Å²) in [6.07, 6.45) is 0. The Morgan fingerprint density at radius 1 is 1.67 bits per heavy atom. The third kappa shape index (κ3) is 8.82. The fourth-order valence-corrected chi connectivity index (χ4v) is 0. The molecule has 0 aliphatic rings. The van der Waals surface area contributed by atoms with Crippen LogP contribution < -0.4 is 22.3 Å². The molecule has 0 aromatic heterocycles. The van der Waals surface area contributed by atoms with Gasteiger partial charge < -0.3 is 22.3 Å². The number of hydrogen-bond donors (Lipinski definition) is 1. The molecule has 3 heteroatoms. The van der Waals surface area contributed by atoms with Gasteiger partial charge in [-0.2, -0.15) is 0 Å². The van der Waals surface area contributed by atoms with Gasteiger partial charge in [-0.25, -0.2) is 0 Å². The SMILES string of the molecule is C[NH2+]C(C)=S.[Br-]. The van der Waals surface area contributed by atoms with E-state index >= 15 is 0 Å². The Hall–Kier alpha value is 0.530. The maximum atomic E-state index is 4.64. The van der Waals surface area contributed by atoms with E-state index in [4.69, 9.17) is 0 Å². The number of halogens is 1. The predicted octanol–water partition coefficient (Wildman–Crippen LogP) is -3.47. The second-order valence-corrected chi connectivity index (χ2v) is 1.54. The molecule has 0 saturated carbocycles. The van der Waals surface area contributed by atoms with E-state index < -0.39 is 0 Å². The molecular formula is C3H8BrNS. The Balaban J connectivity index is 0. The van der Waals surface area contributed by atoms with Gasteiger partial charge in [-0.3, -0.25) is 0 Å². The van der Waals surface area contributed by atoms with Gasteiger partial charge in [0.1, 0.15) is 0 Å². The number of hydrogen-bond acceptors (Lipinski definition) is 1. The minimum atomic E-state index is 0. The molecule has 0 aromatic carbocycles. The molecule has 0 heterocycles. The van der Waals surface area contributed by atoms with Gasteiger partial charge in [0.05, 0.1) is 7.05 Å². The van der Waals surface area contributed by atoms with Crippen LogP contribution in [0.15, 0.2) is 0 Å². The van der Waals surface area contributed by atoms with Crippen LogP contribution in [-0.4, -0.2) is 12.0 Å². The van der Waals surface area contributed by atoms with Crippen molar-refractivity contribution in [2.45, 2.75) is 6.92 Å². The molecule has 0 rings (SSSR count). The molecule has 1 nitrogen and oxygen atoms in total. The highest BCUT2D eigenvalue weighted by atomic mass is 79.9. The average molecular weight is 170 g/mol. The van der Waals surface area contributed by atoms with Crippen LogP contribution in [0.3, 0.4) is 0 Å². The van der Waals surface area contributed by atoms with E-state index in [1.165, 1.54) is 0 Å². The van der Waals surface area contributed by atoms with Gasteiger partial charge in [-0.05, 0) is 12.2 Å². The van der Waals surface area contributed by atoms with Crippen molar-refractivity contribution in [3.8, 4) is 0 Å². The van der Waals surface area contributed by atoms with E-state index in [0.717, 1.165) is 4.99 Å². The van der Waals surface area contributed by atoms with E-state index in [1.807, 2.05) is 19.3 Å². The molecular weight excluding hydrogens is 162 g/mol. The molecule has 6 heavy (non-hydrogen) atoms. The fraction of sp³-hybridized carbons (Fsp3) is 0.667. The first-order chi connectivity index (χ1) is 2.27. The summed E-state index contributed by atoms with van der Waals surface area (Å²) in [6, 6.07) is 0. The van der Waals surface area contributed by atoms with Crippen molar-refractivity contribution in [1.82, 2.24) is 0 Å². The summed E-state index contributed by atoms with van der Waals surface area (Å²) in [4.78, 5) is 0.963. The zero-order valence-corrected chi connectivity index (χ0v) is 6.27.